The fourth-order valence-corrected chi connectivity index (χ4v) is 6.49. The standard InChI is InChI=1S/C26H27N5O5S/c32-23(28-17-4-2-10-30(14-17)26(34)35)22-21-20-19(6-9-27-24(20)37-22)31(25(33)29-21)18-5-1-3-16(13-18)15-7-11-36-12-8-15/h1,3,5-6,9,13,15,17H,2,4,7-8,10-12,14H2,(H,28,32)(H,29,33)(H,34,35). The number of piperidine rings is 1. The van der Waals surface area contributed by atoms with Gasteiger partial charge < -0.3 is 25.4 Å². The lowest BCUT2D eigenvalue weighted by molar-refractivity contribution is 0.0853. The zero-order valence-electron chi connectivity index (χ0n) is 20.1. The molecule has 11 heteroatoms. The zero-order valence-corrected chi connectivity index (χ0v) is 20.9. The topological polar surface area (TPSA) is 124 Å². The SMILES string of the molecule is O=C(NC1CCCN(C(=O)O)C1)c1sc2nccc3c2c1NC(=O)N3c1cccc(C2CCOCC2)c1. The number of ether oxygens (including phenoxy) is 1. The van der Waals surface area contributed by atoms with Crippen molar-refractivity contribution >= 4 is 56.6 Å². The van der Waals surface area contributed by atoms with E-state index in [4.69, 9.17) is 4.74 Å². The molecule has 3 aromatic rings. The fraction of sp³-hybridized carbons (Fsp3) is 0.385. The molecule has 0 spiro atoms. The van der Waals surface area contributed by atoms with Crippen molar-refractivity contribution < 1.29 is 24.2 Å². The van der Waals surface area contributed by atoms with E-state index in [1.807, 2.05) is 12.1 Å². The predicted molar refractivity (Wildman–Crippen MR) is 140 cm³/mol. The molecule has 1 unspecified atom stereocenters. The van der Waals surface area contributed by atoms with Crippen LogP contribution in [-0.4, -0.2) is 65.4 Å². The van der Waals surface area contributed by atoms with Crippen molar-refractivity contribution in [3.8, 4) is 0 Å². The Morgan fingerprint density at radius 1 is 1.19 bits per heavy atom. The molecular weight excluding hydrogens is 494 g/mol. The average Bonchev–Trinajstić information content (AvgIpc) is 3.29. The Morgan fingerprint density at radius 3 is 2.84 bits per heavy atom. The number of benzene rings is 1. The number of carboxylic acid groups (broad SMARTS) is 1. The van der Waals surface area contributed by atoms with Gasteiger partial charge in [-0.05, 0) is 55.4 Å². The molecule has 4 amide bonds. The van der Waals surface area contributed by atoms with Crippen molar-refractivity contribution in [3.05, 3.63) is 47.0 Å². The number of hydrogen-bond donors (Lipinski definition) is 3. The summed E-state index contributed by atoms with van der Waals surface area (Å²) < 4.78 is 5.51. The number of anilines is 3. The Morgan fingerprint density at radius 2 is 2.03 bits per heavy atom. The molecule has 2 aromatic heterocycles. The number of likely N-dealkylation sites (tertiary alicyclic amines) is 1. The summed E-state index contributed by atoms with van der Waals surface area (Å²) in [5.41, 5.74) is 3.07. The molecular formula is C26H27N5O5S. The Balaban J connectivity index is 1.32. The number of rotatable bonds is 4. The number of amides is 4. The van der Waals surface area contributed by atoms with Crippen molar-refractivity contribution in [1.82, 2.24) is 15.2 Å². The molecule has 0 bridgehead atoms. The van der Waals surface area contributed by atoms with Crippen LogP contribution in [0.4, 0.5) is 26.7 Å². The number of hydrogen-bond acceptors (Lipinski definition) is 6. The monoisotopic (exact) mass is 521 g/mol. The van der Waals surface area contributed by atoms with E-state index in [0.29, 0.717) is 46.4 Å². The molecule has 37 heavy (non-hydrogen) atoms. The van der Waals surface area contributed by atoms with Crippen LogP contribution in [-0.2, 0) is 4.74 Å². The maximum Gasteiger partial charge on any atom is 0.407 e. The summed E-state index contributed by atoms with van der Waals surface area (Å²) in [6.45, 7) is 2.18. The molecule has 0 aliphatic carbocycles. The van der Waals surface area contributed by atoms with Crippen LogP contribution in [0.1, 0.15) is 46.8 Å². The minimum Gasteiger partial charge on any atom is -0.465 e. The van der Waals surface area contributed by atoms with Crippen LogP contribution in [0.25, 0.3) is 10.2 Å². The third-order valence-corrected chi connectivity index (χ3v) is 8.40. The maximum atomic E-state index is 13.4. The van der Waals surface area contributed by atoms with Gasteiger partial charge in [-0.3, -0.25) is 9.69 Å². The number of pyridine rings is 1. The van der Waals surface area contributed by atoms with E-state index in [1.54, 1.807) is 17.2 Å². The number of urea groups is 1. The second kappa shape index (κ2) is 9.64. The molecule has 1 atom stereocenters. The third kappa shape index (κ3) is 4.38. The summed E-state index contributed by atoms with van der Waals surface area (Å²) in [6.07, 6.45) is 3.95. The Bertz CT molecular complexity index is 1380. The first-order chi connectivity index (χ1) is 18.0. The van der Waals surface area contributed by atoms with Crippen molar-refractivity contribution in [3.63, 3.8) is 0 Å². The first kappa shape index (κ1) is 23.7. The second-order valence-corrected chi connectivity index (χ2v) is 10.6. The van der Waals surface area contributed by atoms with Crippen molar-refractivity contribution in [2.45, 2.75) is 37.6 Å². The van der Waals surface area contributed by atoms with Crippen LogP contribution < -0.4 is 15.5 Å². The molecule has 5 heterocycles. The molecule has 2 saturated heterocycles. The van der Waals surface area contributed by atoms with Crippen molar-refractivity contribution in [2.24, 2.45) is 0 Å². The molecule has 3 aliphatic heterocycles. The smallest absolute Gasteiger partial charge is 0.407 e. The first-order valence-electron chi connectivity index (χ1n) is 12.5. The van der Waals surface area contributed by atoms with Crippen LogP contribution in [0.5, 0.6) is 0 Å². The van der Waals surface area contributed by atoms with Gasteiger partial charge in [0.05, 0.1) is 22.4 Å². The van der Waals surface area contributed by atoms with Gasteiger partial charge in [-0.2, -0.15) is 0 Å². The molecule has 3 aliphatic rings. The molecule has 6 rings (SSSR count). The van der Waals surface area contributed by atoms with E-state index in [-0.39, 0.29) is 24.5 Å². The lowest BCUT2D eigenvalue weighted by Gasteiger charge is -2.31. The summed E-state index contributed by atoms with van der Waals surface area (Å²) in [5.74, 6) is 0.0549. The van der Waals surface area contributed by atoms with Crippen LogP contribution in [0.3, 0.4) is 0 Å². The van der Waals surface area contributed by atoms with E-state index in [9.17, 15) is 19.5 Å². The minimum absolute atomic E-state index is 0.244. The Hall–Kier alpha value is -3.70. The van der Waals surface area contributed by atoms with E-state index >= 15 is 0 Å². The largest absolute Gasteiger partial charge is 0.465 e. The van der Waals surface area contributed by atoms with Gasteiger partial charge in [0.2, 0.25) is 0 Å². The average molecular weight is 522 g/mol. The third-order valence-electron chi connectivity index (χ3n) is 7.30. The molecule has 0 saturated carbocycles. The first-order valence-corrected chi connectivity index (χ1v) is 13.3. The van der Waals surface area contributed by atoms with Crippen molar-refractivity contribution in [2.75, 3.05) is 36.5 Å². The lowest BCUT2D eigenvalue weighted by atomic mass is 9.91. The van der Waals surface area contributed by atoms with E-state index in [2.05, 4.69) is 27.8 Å². The summed E-state index contributed by atoms with van der Waals surface area (Å²) in [5, 5.41) is 15.9. The molecule has 1 aromatic carbocycles. The molecule has 3 N–H and O–H groups in total. The number of thiophene rings is 1. The highest BCUT2D eigenvalue weighted by Crippen LogP contribution is 2.46. The number of carbonyl (C=O) groups is 3. The Labute approximate surface area is 217 Å². The molecule has 0 radical (unpaired) electrons. The van der Waals surface area contributed by atoms with Crippen molar-refractivity contribution in [1.29, 1.82) is 0 Å². The maximum absolute atomic E-state index is 13.4. The number of nitrogens with one attached hydrogen (secondary N) is 2. The van der Waals surface area contributed by atoms with Gasteiger partial charge in [0.1, 0.15) is 9.71 Å². The molecule has 2 fully saturated rings. The number of aromatic nitrogens is 1. The van der Waals surface area contributed by atoms with E-state index in [0.717, 1.165) is 37.1 Å². The highest BCUT2D eigenvalue weighted by molar-refractivity contribution is 7.21. The molecule has 10 nitrogen and oxygen atoms in total. The minimum atomic E-state index is -0.988. The number of nitrogens with zero attached hydrogens (tertiary/aromatic N) is 3. The number of carbonyl (C=O) groups excluding carboxylic acids is 2. The lowest BCUT2D eigenvalue weighted by Crippen LogP contribution is -2.49. The van der Waals surface area contributed by atoms with Crippen LogP contribution in [0.15, 0.2) is 36.5 Å². The predicted octanol–water partition coefficient (Wildman–Crippen LogP) is 4.75. The van der Waals surface area contributed by atoms with E-state index < -0.39 is 6.09 Å². The quantitative estimate of drug-likeness (QED) is 0.455. The van der Waals surface area contributed by atoms with Gasteiger partial charge in [-0.15, -0.1) is 11.3 Å². The van der Waals surface area contributed by atoms with Gasteiger partial charge in [0.15, 0.2) is 0 Å². The Kier molecular flexibility index (Phi) is 6.17. The van der Waals surface area contributed by atoms with Gasteiger partial charge in [0, 0.05) is 38.5 Å². The highest BCUT2D eigenvalue weighted by atomic mass is 32.1. The summed E-state index contributed by atoms with van der Waals surface area (Å²) in [7, 11) is 0. The van der Waals surface area contributed by atoms with Gasteiger partial charge in [-0.25, -0.2) is 14.6 Å². The highest BCUT2D eigenvalue weighted by Gasteiger charge is 2.34. The van der Waals surface area contributed by atoms with Crippen LogP contribution in [0, 0.1) is 0 Å². The van der Waals surface area contributed by atoms with Gasteiger partial charge >= 0.3 is 12.1 Å². The van der Waals surface area contributed by atoms with Crippen LogP contribution >= 0.6 is 11.3 Å². The molecule has 192 valence electrons. The summed E-state index contributed by atoms with van der Waals surface area (Å²) >= 11 is 1.22. The van der Waals surface area contributed by atoms with Crippen LogP contribution in [0.2, 0.25) is 0 Å². The zero-order chi connectivity index (χ0) is 25.5. The van der Waals surface area contributed by atoms with E-state index in [1.165, 1.54) is 21.8 Å². The normalized spacial score (nSPS) is 20.1. The fourth-order valence-electron chi connectivity index (χ4n) is 5.47. The second-order valence-electron chi connectivity index (χ2n) is 9.60. The van der Waals surface area contributed by atoms with Gasteiger partial charge in [-0.1, -0.05) is 12.1 Å². The summed E-state index contributed by atoms with van der Waals surface area (Å²) in [6, 6.07) is 9.21. The summed E-state index contributed by atoms with van der Waals surface area (Å²) in [4.78, 5) is 46.5. The van der Waals surface area contributed by atoms with Gasteiger partial charge in [0.25, 0.3) is 5.91 Å².